The van der Waals surface area contributed by atoms with Gasteiger partial charge in [0, 0.05) is 18.2 Å². The number of allylic oxidation sites excluding steroid dienone is 2. The largest absolute Gasteiger partial charge is 0.492 e. The maximum absolute atomic E-state index is 12.1. The van der Waals surface area contributed by atoms with E-state index >= 15 is 0 Å². The summed E-state index contributed by atoms with van der Waals surface area (Å²) >= 11 is 0. The van der Waals surface area contributed by atoms with Crippen LogP contribution in [0.1, 0.15) is 12.8 Å². The van der Waals surface area contributed by atoms with Crippen LogP contribution in [0.4, 0.5) is 5.69 Å². The van der Waals surface area contributed by atoms with E-state index in [1.54, 1.807) is 24.3 Å². The van der Waals surface area contributed by atoms with Gasteiger partial charge in [-0.25, -0.2) is 0 Å². The average molecular weight is 311 g/mol. The van der Waals surface area contributed by atoms with E-state index in [0.29, 0.717) is 26.0 Å². The van der Waals surface area contributed by atoms with Crippen molar-refractivity contribution in [2.75, 3.05) is 18.5 Å². The van der Waals surface area contributed by atoms with Crippen molar-refractivity contribution < 1.29 is 9.53 Å². The maximum Gasteiger partial charge on any atom is 0.228 e. The van der Waals surface area contributed by atoms with Gasteiger partial charge in [0.05, 0.1) is 0 Å². The van der Waals surface area contributed by atoms with Crippen molar-refractivity contribution in [3.8, 4) is 5.75 Å². The van der Waals surface area contributed by atoms with E-state index in [4.69, 9.17) is 10.5 Å². The molecule has 0 spiro atoms. The van der Waals surface area contributed by atoms with E-state index in [9.17, 15) is 4.79 Å². The van der Waals surface area contributed by atoms with Crippen molar-refractivity contribution in [2.45, 2.75) is 12.8 Å². The molecule has 1 rings (SSSR count). The quantitative estimate of drug-likeness (QED) is 0.689. The van der Waals surface area contributed by atoms with E-state index in [-0.39, 0.29) is 24.2 Å². The van der Waals surface area contributed by atoms with E-state index in [1.165, 1.54) is 0 Å². The molecule has 1 aromatic carbocycles. The van der Waals surface area contributed by atoms with Crippen LogP contribution in [0, 0.1) is 5.92 Å². The second-order valence-corrected chi connectivity index (χ2v) is 4.40. The van der Waals surface area contributed by atoms with Crippen molar-refractivity contribution in [3.63, 3.8) is 0 Å². The fourth-order valence-electron chi connectivity index (χ4n) is 1.77. The number of carbonyl (C=O) groups excluding carboxylic acids is 1. The van der Waals surface area contributed by atoms with Crippen LogP contribution >= 0.6 is 12.4 Å². The van der Waals surface area contributed by atoms with Crippen LogP contribution in [-0.2, 0) is 4.79 Å². The van der Waals surface area contributed by atoms with Crippen LogP contribution in [0.3, 0.4) is 0 Å². The third-order valence-electron chi connectivity index (χ3n) is 2.78. The summed E-state index contributed by atoms with van der Waals surface area (Å²) in [5.74, 6) is 0.584. The normalized spacial score (nSPS) is 9.62. The molecule has 5 heteroatoms. The number of amides is 1. The number of halogens is 1. The molecule has 116 valence electrons. The first-order valence-electron chi connectivity index (χ1n) is 6.66. The van der Waals surface area contributed by atoms with Crippen molar-refractivity contribution in [1.29, 1.82) is 0 Å². The third-order valence-corrected chi connectivity index (χ3v) is 2.78. The molecule has 0 unspecified atom stereocenters. The first kappa shape index (κ1) is 19.2. The lowest BCUT2D eigenvalue weighted by Crippen LogP contribution is -2.22. The van der Waals surface area contributed by atoms with E-state index in [1.807, 2.05) is 12.1 Å². The predicted molar refractivity (Wildman–Crippen MR) is 90.0 cm³/mol. The van der Waals surface area contributed by atoms with Crippen LogP contribution in [0.25, 0.3) is 0 Å². The Morgan fingerprint density at radius 1 is 1.24 bits per heavy atom. The molecule has 3 N–H and O–H groups in total. The zero-order valence-electron chi connectivity index (χ0n) is 12.1. The van der Waals surface area contributed by atoms with Crippen molar-refractivity contribution in [2.24, 2.45) is 11.7 Å². The molecule has 21 heavy (non-hydrogen) atoms. The Balaban J connectivity index is 0.00000400. The zero-order valence-corrected chi connectivity index (χ0v) is 12.9. The Hall–Kier alpha value is -1.78. The second kappa shape index (κ2) is 10.9. The van der Waals surface area contributed by atoms with Crippen molar-refractivity contribution in [1.82, 2.24) is 0 Å². The Kier molecular flexibility index (Phi) is 10.0. The summed E-state index contributed by atoms with van der Waals surface area (Å²) in [7, 11) is 0. The first-order chi connectivity index (χ1) is 9.71. The van der Waals surface area contributed by atoms with Gasteiger partial charge in [0.15, 0.2) is 0 Å². The van der Waals surface area contributed by atoms with E-state index in [0.717, 1.165) is 11.4 Å². The van der Waals surface area contributed by atoms with Crippen LogP contribution < -0.4 is 15.8 Å². The Bertz CT molecular complexity index is 436. The summed E-state index contributed by atoms with van der Waals surface area (Å²) in [6.45, 7) is 8.30. The lowest BCUT2D eigenvalue weighted by molar-refractivity contribution is -0.119. The van der Waals surface area contributed by atoms with Crippen LogP contribution in [-0.4, -0.2) is 19.1 Å². The van der Waals surface area contributed by atoms with Gasteiger partial charge < -0.3 is 15.8 Å². The van der Waals surface area contributed by atoms with Crippen molar-refractivity contribution in [3.05, 3.63) is 49.6 Å². The number of rotatable bonds is 9. The highest BCUT2D eigenvalue weighted by Crippen LogP contribution is 2.18. The van der Waals surface area contributed by atoms with E-state index < -0.39 is 0 Å². The van der Waals surface area contributed by atoms with E-state index in [2.05, 4.69) is 18.5 Å². The van der Waals surface area contributed by atoms with Gasteiger partial charge in [0.1, 0.15) is 12.4 Å². The molecule has 0 radical (unpaired) electrons. The fraction of sp³-hybridized carbons (Fsp3) is 0.312. The van der Waals surface area contributed by atoms with Gasteiger partial charge >= 0.3 is 0 Å². The topological polar surface area (TPSA) is 64.3 Å². The summed E-state index contributed by atoms with van der Waals surface area (Å²) in [4.78, 5) is 12.1. The molecule has 0 aromatic heterocycles. The maximum atomic E-state index is 12.1. The minimum Gasteiger partial charge on any atom is -0.492 e. The SMILES string of the molecule is C=CCC(CC=C)C(=O)Nc1ccc(OCCN)cc1.Cl. The minimum absolute atomic E-state index is 0. The summed E-state index contributed by atoms with van der Waals surface area (Å²) < 4.78 is 5.38. The number of nitrogens with one attached hydrogen (secondary N) is 1. The molecule has 0 aliphatic rings. The smallest absolute Gasteiger partial charge is 0.228 e. The average Bonchev–Trinajstić information content (AvgIpc) is 2.46. The molecule has 0 bridgehead atoms. The van der Waals surface area contributed by atoms with Gasteiger partial charge in [-0.1, -0.05) is 12.2 Å². The predicted octanol–water partition coefficient (Wildman–Crippen LogP) is 3.15. The third kappa shape index (κ3) is 6.97. The van der Waals surface area contributed by atoms with Gasteiger partial charge in [0.2, 0.25) is 5.91 Å². The van der Waals surface area contributed by atoms with Crippen molar-refractivity contribution >= 4 is 24.0 Å². The molecule has 0 aliphatic carbocycles. The Morgan fingerprint density at radius 2 is 1.81 bits per heavy atom. The lowest BCUT2D eigenvalue weighted by Gasteiger charge is -2.13. The molecule has 0 heterocycles. The summed E-state index contributed by atoms with van der Waals surface area (Å²) in [5, 5.41) is 2.88. The number of hydrogen-bond acceptors (Lipinski definition) is 3. The highest BCUT2D eigenvalue weighted by molar-refractivity contribution is 5.92. The molecule has 0 fully saturated rings. The molecule has 0 saturated carbocycles. The van der Waals surface area contributed by atoms with Gasteiger partial charge in [-0.2, -0.15) is 0 Å². The summed E-state index contributed by atoms with van der Waals surface area (Å²) in [6.07, 6.45) is 4.76. The number of hydrogen-bond donors (Lipinski definition) is 2. The zero-order chi connectivity index (χ0) is 14.8. The Morgan fingerprint density at radius 3 is 2.29 bits per heavy atom. The summed E-state index contributed by atoms with van der Waals surface area (Å²) in [5.41, 5.74) is 6.11. The number of anilines is 1. The van der Waals surface area contributed by atoms with Crippen LogP contribution in [0.15, 0.2) is 49.6 Å². The monoisotopic (exact) mass is 310 g/mol. The lowest BCUT2D eigenvalue weighted by atomic mass is 10.0. The molecular weight excluding hydrogens is 288 g/mol. The number of ether oxygens (including phenoxy) is 1. The minimum atomic E-state index is -0.127. The first-order valence-corrected chi connectivity index (χ1v) is 6.66. The summed E-state index contributed by atoms with van der Waals surface area (Å²) in [6, 6.07) is 7.23. The number of carbonyl (C=O) groups is 1. The second-order valence-electron chi connectivity index (χ2n) is 4.40. The van der Waals surface area contributed by atoms with Gasteiger partial charge in [0.25, 0.3) is 0 Å². The molecule has 1 aromatic rings. The fourth-order valence-corrected chi connectivity index (χ4v) is 1.77. The van der Waals surface area contributed by atoms with Gasteiger partial charge in [-0.3, -0.25) is 4.79 Å². The number of nitrogens with two attached hydrogens (primary N) is 1. The molecule has 0 atom stereocenters. The van der Waals surface area contributed by atoms with Gasteiger partial charge in [-0.05, 0) is 37.1 Å². The molecular formula is C16H23ClN2O2. The Labute approximate surface area is 132 Å². The molecule has 0 aliphatic heterocycles. The number of benzene rings is 1. The highest BCUT2D eigenvalue weighted by atomic mass is 35.5. The molecule has 4 nitrogen and oxygen atoms in total. The van der Waals surface area contributed by atoms with Gasteiger partial charge in [-0.15, -0.1) is 25.6 Å². The molecule has 1 amide bonds. The molecule has 0 saturated heterocycles. The highest BCUT2D eigenvalue weighted by Gasteiger charge is 2.15. The van der Waals surface area contributed by atoms with Crippen LogP contribution in [0.5, 0.6) is 5.75 Å². The standard InChI is InChI=1S/C16H22N2O2.ClH/c1-3-5-13(6-4-2)16(19)18-14-7-9-15(10-8-14)20-12-11-17;/h3-4,7-10,13H,1-2,5-6,11-12,17H2,(H,18,19);1H. The van der Waals surface area contributed by atoms with Crippen LogP contribution in [0.2, 0.25) is 0 Å².